The van der Waals surface area contributed by atoms with Crippen molar-refractivity contribution in [2.24, 2.45) is 0 Å². The summed E-state index contributed by atoms with van der Waals surface area (Å²) >= 11 is 0. The molecule has 4 rings (SSSR count). The van der Waals surface area contributed by atoms with Gasteiger partial charge in [0.1, 0.15) is 5.82 Å². The molecular weight excluding hydrogens is 371 g/mol. The fourth-order valence-electron chi connectivity index (χ4n) is 3.49. The van der Waals surface area contributed by atoms with E-state index in [1.165, 1.54) is 17.7 Å². The molecule has 29 heavy (non-hydrogen) atoms. The van der Waals surface area contributed by atoms with Crippen LogP contribution in [0.25, 0.3) is 11.5 Å². The fraction of sp³-hybridized carbons (Fsp3) is 0.318. The quantitative estimate of drug-likeness (QED) is 0.686. The molecule has 2 aromatic carbocycles. The summed E-state index contributed by atoms with van der Waals surface area (Å²) in [5, 5.41) is 11.2. The van der Waals surface area contributed by atoms with Gasteiger partial charge in [0.2, 0.25) is 11.8 Å². The monoisotopic (exact) mass is 394 g/mol. The number of nitrogens with one attached hydrogen (secondary N) is 1. The predicted octanol–water partition coefficient (Wildman–Crippen LogP) is 4.90. The first-order chi connectivity index (χ1) is 14.0. The van der Waals surface area contributed by atoms with Crippen LogP contribution in [0.2, 0.25) is 0 Å². The Bertz CT molecular complexity index is 1020. The third-order valence-electron chi connectivity index (χ3n) is 5.35. The molecule has 0 aliphatic carbocycles. The van der Waals surface area contributed by atoms with Gasteiger partial charge >= 0.3 is 6.03 Å². The number of halogens is 1. The topological polar surface area (TPSA) is 71.3 Å². The third kappa shape index (κ3) is 4.29. The molecule has 1 saturated heterocycles. The van der Waals surface area contributed by atoms with Gasteiger partial charge in [0.15, 0.2) is 0 Å². The Morgan fingerprint density at radius 3 is 2.69 bits per heavy atom. The van der Waals surface area contributed by atoms with Gasteiger partial charge in [-0.3, -0.25) is 0 Å². The van der Waals surface area contributed by atoms with Crippen LogP contribution in [0.3, 0.4) is 0 Å². The molecule has 3 aromatic rings. The van der Waals surface area contributed by atoms with E-state index in [0.717, 1.165) is 24.1 Å². The second-order valence-corrected chi connectivity index (χ2v) is 7.47. The van der Waals surface area contributed by atoms with Crippen LogP contribution in [-0.2, 0) is 0 Å². The number of anilines is 1. The van der Waals surface area contributed by atoms with Crippen LogP contribution in [0.15, 0.2) is 46.9 Å². The maximum Gasteiger partial charge on any atom is 0.321 e. The van der Waals surface area contributed by atoms with E-state index in [9.17, 15) is 9.18 Å². The summed E-state index contributed by atoms with van der Waals surface area (Å²) in [5.41, 5.74) is 3.79. The Kier molecular flexibility index (Phi) is 5.29. The van der Waals surface area contributed by atoms with Crippen molar-refractivity contribution in [2.75, 3.05) is 18.4 Å². The van der Waals surface area contributed by atoms with E-state index in [1.54, 1.807) is 17.0 Å². The van der Waals surface area contributed by atoms with Crippen molar-refractivity contribution in [3.8, 4) is 11.5 Å². The van der Waals surface area contributed by atoms with Crippen LogP contribution in [0.4, 0.5) is 14.9 Å². The molecule has 1 unspecified atom stereocenters. The number of piperidine rings is 1. The lowest BCUT2D eigenvalue weighted by molar-refractivity contribution is 0.187. The Balaban J connectivity index is 1.43. The molecule has 2 heterocycles. The summed E-state index contributed by atoms with van der Waals surface area (Å²) in [4.78, 5) is 14.5. The average molecular weight is 394 g/mol. The highest BCUT2D eigenvalue weighted by Crippen LogP contribution is 2.29. The van der Waals surface area contributed by atoms with Gasteiger partial charge in [-0.2, -0.15) is 0 Å². The summed E-state index contributed by atoms with van der Waals surface area (Å²) in [6.45, 7) is 5.27. The molecule has 0 radical (unpaired) electrons. The lowest BCUT2D eigenvalue weighted by atomic mass is 9.98. The molecule has 6 nitrogen and oxygen atoms in total. The molecule has 2 amide bonds. The van der Waals surface area contributed by atoms with E-state index in [2.05, 4.69) is 15.5 Å². The number of aromatic nitrogens is 2. The first-order valence-corrected chi connectivity index (χ1v) is 9.72. The van der Waals surface area contributed by atoms with Crippen molar-refractivity contribution < 1.29 is 13.6 Å². The number of aryl methyl sites for hydroxylation is 2. The summed E-state index contributed by atoms with van der Waals surface area (Å²) in [6.07, 6.45) is 1.73. The van der Waals surface area contributed by atoms with Crippen molar-refractivity contribution in [1.29, 1.82) is 0 Å². The number of carbonyl (C=O) groups excluding carboxylic acids is 1. The van der Waals surface area contributed by atoms with Gasteiger partial charge in [-0.15, -0.1) is 10.2 Å². The first kappa shape index (κ1) is 19.1. The van der Waals surface area contributed by atoms with Gasteiger partial charge < -0.3 is 14.6 Å². The predicted molar refractivity (Wildman–Crippen MR) is 108 cm³/mol. The number of rotatable bonds is 3. The maximum absolute atomic E-state index is 13.1. The minimum atomic E-state index is -0.314. The standard InChI is InChI=1S/C22H23FN4O2/c1-14-5-10-19(12-15(14)2)24-22(28)27-11-3-4-17(13-27)21-26-25-20(29-21)16-6-8-18(23)9-7-16/h5-10,12,17H,3-4,11,13H2,1-2H3,(H,24,28). The van der Waals surface area contributed by atoms with Crippen LogP contribution in [0.5, 0.6) is 0 Å². The highest BCUT2D eigenvalue weighted by Gasteiger charge is 2.28. The lowest BCUT2D eigenvalue weighted by Crippen LogP contribution is -2.41. The second kappa shape index (κ2) is 8.03. The van der Waals surface area contributed by atoms with E-state index in [4.69, 9.17) is 4.42 Å². The minimum Gasteiger partial charge on any atom is -0.420 e. The Hall–Kier alpha value is -3.22. The molecule has 1 fully saturated rings. The molecule has 0 spiro atoms. The van der Waals surface area contributed by atoms with Gasteiger partial charge in [-0.1, -0.05) is 6.07 Å². The number of amides is 2. The number of urea groups is 1. The van der Waals surface area contributed by atoms with E-state index >= 15 is 0 Å². The highest BCUT2D eigenvalue weighted by molar-refractivity contribution is 5.89. The van der Waals surface area contributed by atoms with Gasteiger partial charge in [-0.25, -0.2) is 9.18 Å². The molecule has 1 N–H and O–H groups in total. The number of carbonyl (C=O) groups is 1. The van der Waals surface area contributed by atoms with E-state index < -0.39 is 0 Å². The second-order valence-electron chi connectivity index (χ2n) is 7.47. The smallest absolute Gasteiger partial charge is 0.321 e. The van der Waals surface area contributed by atoms with Crippen molar-refractivity contribution in [2.45, 2.75) is 32.6 Å². The molecule has 0 bridgehead atoms. The third-order valence-corrected chi connectivity index (χ3v) is 5.35. The molecular formula is C22H23FN4O2. The molecule has 1 aromatic heterocycles. The molecule has 1 atom stereocenters. The van der Waals surface area contributed by atoms with Gasteiger partial charge in [0.25, 0.3) is 0 Å². The zero-order valence-electron chi connectivity index (χ0n) is 16.5. The average Bonchev–Trinajstić information content (AvgIpc) is 3.22. The molecule has 150 valence electrons. The Morgan fingerprint density at radius 1 is 1.14 bits per heavy atom. The van der Waals surface area contributed by atoms with Gasteiger partial charge in [-0.05, 0) is 74.2 Å². The van der Waals surface area contributed by atoms with Gasteiger partial charge in [0.05, 0.1) is 5.92 Å². The zero-order valence-corrected chi connectivity index (χ0v) is 16.5. The Labute approximate surface area is 168 Å². The van der Waals surface area contributed by atoms with Gasteiger partial charge in [0, 0.05) is 24.3 Å². The molecule has 0 saturated carbocycles. The molecule has 1 aliphatic rings. The fourth-order valence-corrected chi connectivity index (χ4v) is 3.49. The van der Waals surface area contributed by atoms with Crippen molar-refractivity contribution in [3.05, 3.63) is 65.3 Å². The lowest BCUT2D eigenvalue weighted by Gasteiger charge is -2.31. The minimum absolute atomic E-state index is 0.0176. The van der Waals surface area contributed by atoms with E-state index in [-0.39, 0.29) is 17.8 Å². The summed E-state index contributed by atoms with van der Waals surface area (Å²) in [5.74, 6) is 0.534. The van der Waals surface area contributed by atoms with Crippen molar-refractivity contribution in [1.82, 2.24) is 15.1 Å². The van der Waals surface area contributed by atoms with Crippen LogP contribution in [0, 0.1) is 19.7 Å². The summed E-state index contributed by atoms with van der Waals surface area (Å²) in [6, 6.07) is 11.7. The van der Waals surface area contributed by atoms with Crippen LogP contribution in [-0.4, -0.2) is 34.2 Å². The molecule has 7 heteroatoms. The van der Waals surface area contributed by atoms with Crippen molar-refractivity contribution >= 4 is 11.7 Å². The Morgan fingerprint density at radius 2 is 1.93 bits per heavy atom. The van der Waals surface area contributed by atoms with Crippen LogP contribution >= 0.6 is 0 Å². The number of hydrogen-bond donors (Lipinski definition) is 1. The summed E-state index contributed by atoms with van der Waals surface area (Å²) < 4.78 is 18.9. The number of likely N-dealkylation sites (tertiary alicyclic amines) is 1. The number of nitrogens with zero attached hydrogens (tertiary/aromatic N) is 3. The normalized spacial score (nSPS) is 16.7. The van der Waals surface area contributed by atoms with E-state index in [0.29, 0.717) is 30.4 Å². The van der Waals surface area contributed by atoms with Crippen molar-refractivity contribution in [3.63, 3.8) is 0 Å². The van der Waals surface area contributed by atoms with E-state index in [1.807, 2.05) is 32.0 Å². The highest BCUT2D eigenvalue weighted by atomic mass is 19.1. The molecule has 1 aliphatic heterocycles. The number of hydrogen-bond acceptors (Lipinski definition) is 4. The zero-order chi connectivity index (χ0) is 20.4. The van der Waals surface area contributed by atoms with Crippen LogP contribution < -0.4 is 5.32 Å². The SMILES string of the molecule is Cc1ccc(NC(=O)N2CCCC(c3nnc(-c4ccc(F)cc4)o3)C2)cc1C. The van der Waals surface area contributed by atoms with Crippen LogP contribution in [0.1, 0.15) is 35.8 Å². The largest absolute Gasteiger partial charge is 0.420 e. The maximum atomic E-state index is 13.1. The first-order valence-electron chi connectivity index (χ1n) is 9.72. The number of benzene rings is 2. The summed E-state index contributed by atoms with van der Waals surface area (Å²) in [7, 11) is 0.